The molecule has 0 bridgehead atoms. The molecule has 1 saturated heterocycles. The Morgan fingerprint density at radius 3 is 2.13 bits per heavy atom. The number of rotatable bonds is 7. The van der Waals surface area contributed by atoms with Crippen LogP contribution in [0.25, 0.3) is 10.9 Å². The number of benzene rings is 1. The molecule has 2 aromatic rings. The van der Waals surface area contributed by atoms with Crippen molar-refractivity contribution in [3.63, 3.8) is 0 Å². The number of halogens is 7. The van der Waals surface area contributed by atoms with Gasteiger partial charge in [-0.1, -0.05) is 6.07 Å². The maximum atomic E-state index is 13.1. The minimum absolute atomic E-state index is 0.000197. The Hall–Kier alpha value is -4.02. The van der Waals surface area contributed by atoms with Crippen LogP contribution >= 0.6 is 0 Å². The minimum Gasteiger partial charge on any atom is -0.481 e. The van der Waals surface area contributed by atoms with E-state index in [1.54, 1.807) is 4.90 Å². The maximum absolute atomic E-state index is 13.1. The molecule has 1 fully saturated rings. The van der Waals surface area contributed by atoms with Crippen molar-refractivity contribution in [1.82, 2.24) is 10.3 Å². The third-order valence-electron chi connectivity index (χ3n) is 5.19. The van der Waals surface area contributed by atoms with Crippen LogP contribution < -0.4 is 10.2 Å². The van der Waals surface area contributed by atoms with Gasteiger partial charge in [-0.25, -0.2) is 9.18 Å². The predicted molar refractivity (Wildman–Crippen MR) is 118 cm³/mol. The number of carbonyl (C=O) groups is 4. The first-order valence-corrected chi connectivity index (χ1v) is 10.8. The van der Waals surface area contributed by atoms with Crippen molar-refractivity contribution in [2.45, 2.75) is 24.8 Å². The predicted octanol–water partition coefficient (Wildman–Crippen LogP) is 2.84. The van der Waals surface area contributed by atoms with Crippen LogP contribution in [0.4, 0.5) is 36.4 Å². The van der Waals surface area contributed by atoms with E-state index >= 15 is 0 Å². The number of carbonyl (C=O) groups excluding carboxylic acids is 2. The van der Waals surface area contributed by atoms with Crippen molar-refractivity contribution < 1.29 is 64.9 Å². The molecule has 1 aliphatic heterocycles. The topological polar surface area (TPSA) is 146 Å². The summed E-state index contributed by atoms with van der Waals surface area (Å²) in [7, 11) is 0. The van der Waals surface area contributed by atoms with Gasteiger partial charge in [0.1, 0.15) is 12.7 Å². The van der Waals surface area contributed by atoms with Gasteiger partial charge in [0.15, 0.2) is 5.78 Å². The number of ether oxygens (including phenoxy) is 1. The lowest BCUT2D eigenvalue weighted by Crippen LogP contribution is -2.44. The van der Waals surface area contributed by atoms with Crippen LogP contribution in [0.1, 0.15) is 22.3 Å². The summed E-state index contributed by atoms with van der Waals surface area (Å²) in [5, 5.41) is 18.5. The van der Waals surface area contributed by atoms with Crippen LogP contribution in [0.2, 0.25) is 0 Å². The number of morpholine rings is 1. The van der Waals surface area contributed by atoms with Gasteiger partial charge in [-0.15, -0.1) is 0 Å². The fraction of sp³-hybridized carbons (Fsp3) is 0.409. The molecule has 1 atom stereocenters. The first kappa shape index (κ1) is 31.2. The number of Topliss-reactive ketones (excluding diaryl/α,β-unsaturated/α-hetero) is 1. The molecule has 1 aromatic heterocycles. The van der Waals surface area contributed by atoms with E-state index in [4.69, 9.17) is 19.7 Å². The van der Waals surface area contributed by atoms with Gasteiger partial charge in [0, 0.05) is 24.7 Å². The van der Waals surface area contributed by atoms with Crippen molar-refractivity contribution in [3.05, 3.63) is 35.5 Å². The van der Waals surface area contributed by atoms with E-state index in [1.807, 2.05) is 0 Å². The Balaban J connectivity index is 0.000000673. The van der Waals surface area contributed by atoms with Gasteiger partial charge in [0.2, 0.25) is 0 Å². The summed E-state index contributed by atoms with van der Waals surface area (Å²) >= 11 is 0. The van der Waals surface area contributed by atoms with Gasteiger partial charge in [-0.3, -0.25) is 19.4 Å². The van der Waals surface area contributed by atoms with Gasteiger partial charge in [0.25, 0.3) is 5.91 Å². The highest BCUT2D eigenvalue weighted by Crippen LogP contribution is 2.35. The lowest BCUT2D eigenvalue weighted by atomic mass is 10.0. The molecule has 1 amide bonds. The summed E-state index contributed by atoms with van der Waals surface area (Å²) in [4.78, 5) is 50.3. The minimum atomic E-state index is -5.08. The highest BCUT2D eigenvalue weighted by atomic mass is 19.4. The molecular weight excluding hydrogens is 551 g/mol. The average Bonchev–Trinajstić information content (AvgIpc) is 2.86. The number of aliphatic carboxylic acids is 2. The monoisotopic (exact) mass is 571 g/mol. The number of nitrogens with one attached hydrogen (secondary N) is 1. The molecule has 1 unspecified atom stereocenters. The molecular formula is C22H20F7N3O7. The van der Waals surface area contributed by atoms with E-state index in [-0.39, 0.29) is 22.2 Å². The van der Waals surface area contributed by atoms with Crippen molar-refractivity contribution in [2.75, 3.05) is 37.9 Å². The molecule has 2 heterocycles. The number of aromatic nitrogens is 1. The number of carboxylic acids is 2. The van der Waals surface area contributed by atoms with E-state index in [0.717, 1.165) is 18.3 Å². The zero-order chi connectivity index (χ0) is 29.5. The fourth-order valence-electron chi connectivity index (χ4n) is 3.40. The highest BCUT2D eigenvalue weighted by Gasteiger charge is 2.38. The van der Waals surface area contributed by atoms with E-state index in [1.165, 1.54) is 6.07 Å². The van der Waals surface area contributed by atoms with Crippen molar-refractivity contribution in [1.29, 1.82) is 0 Å². The Kier molecular flexibility index (Phi) is 10.1. The summed E-state index contributed by atoms with van der Waals surface area (Å²) in [6.45, 7) is -0.170. The highest BCUT2D eigenvalue weighted by molar-refractivity contribution is 6.09. The normalized spacial score (nSPS) is 14.7. The van der Waals surface area contributed by atoms with Gasteiger partial charge in [-0.05, 0) is 12.1 Å². The molecule has 0 aliphatic carbocycles. The molecule has 39 heavy (non-hydrogen) atoms. The second-order valence-corrected chi connectivity index (χ2v) is 7.88. The molecule has 0 radical (unpaired) electrons. The number of nitrogens with zero attached hydrogens (tertiary/aromatic N) is 2. The second kappa shape index (κ2) is 12.7. The molecule has 214 valence electrons. The van der Waals surface area contributed by atoms with Crippen LogP contribution in [0.5, 0.6) is 0 Å². The zero-order valence-electron chi connectivity index (χ0n) is 19.6. The first-order valence-electron chi connectivity index (χ1n) is 10.8. The van der Waals surface area contributed by atoms with E-state index in [0.29, 0.717) is 26.3 Å². The van der Waals surface area contributed by atoms with Crippen LogP contribution in [-0.2, 0) is 25.3 Å². The fourth-order valence-corrected chi connectivity index (χ4v) is 3.40. The quantitative estimate of drug-likeness (QED) is 0.427. The number of pyridine rings is 1. The van der Waals surface area contributed by atoms with Gasteiger partial charge in [0.05, 0.1) is 42.0 Å². The summed E-state index contributed by atoms with van der Waals surface area (Å²) in [6.07, 6.45) is -9.43. The number of ketones is 1. The number of fused-ring (bicyclic) bond motifs is 1. The van der Waals surface area contributed by atoms with E-state index in [9.17, 15) is 45.1 Å². The Labute approximate surface area is 214 Å². The van der Waals surface area contributed by atoms with Crippen LogP contribution in [0, 0.1) is 0 Å². The average molecular weight is 571 g/mol. The third kappa shape index (κ3) is 8.49. The van der Waals surface area contributed by atoms with Gasteiger partial charge in [-0.2, -0.15) is 26.3 Å². The van der Waals surface area contributed by atoms with Crippen LogP contribution in [-0.4, -0.2) is 84.0 Å². The number of anilines is 1. The third-order valence-corrected chi connectivity index (χ3v) is 5.19. The van der Waals surface area contributed by atoms with Crippen molar-refractivity contribution in [3.8, 4) is 0 Å². The van der Waals surface area contributed by atoms with Crippen LogP contribution in [0.3, 0.4) is 0 Å². The number of hydrogen-bond donors (Lipinski definition) is 3. The number of amides is 1. The molecule has 10 nitrogen and oxygen atoms in total. The first-order chi connectivity index (χ1) is 18.1. The lowest BCUT2D eigenvalue weighted by Gasteiger charge is -2.31. The molecule has 0 saturated carbocycles. The van der Waals surface area contributed by atoms with Crippen molar-refractivity contribution >= 4 is 40.2 Å². The van der Waals surface area contributed by atoms with Crippen LogP contribution in [0.15, 0.2) is 24.4 Å². The van der Waals surface area contributed by atoms with E-state index in [2.05, 4.69) is 10.3 Å². The Morgan fingerprint density at radius 2 is 1.64 bits per heavy atom. The zero-order valence-corrected chi connectivity index (χ0v) is 19.6. The molecule has 3 rings (SSSR count). The Morgan fingerprint density at radius 1 is 1.05 bits per heavy atom. The second-order valence-electron chi connectivity index (χ2n) is 7.88. The lowest BCUT2D eigenvalue weighted by molar-refractivity contribution is -0.192. The summed E-state index contributed by atoms with van der Waals surface area (Å²) in [6, 6.07) is 1.33. The van der Waals surface area contributed by atoms with E-state index < -0.39 is 60.7 Å². The largest absolute Gasteiger partial charge is 0.490 e. The summed E-state index contributed by atoms with van der Waals surface area (Å²) < 4.78 is 89.2. The molecule has 17 heteroatoms. The van der Waals surface area contributed by atoms with Gasteiger partial charge < -0.3 is 25.2 Å². The molecule has 1 aliphatic rings. The standard InChI is InChI=1S/C20H19F4N3O5.C2HF3O2/c21-9-16(28)15(8-17(29)30)26-19(31)13-10-25-14-7-11(20(22,23)24)1-2-12(14)18(13)27-3-5-32-6-4-27;3-2(4,5)1(6)7/h1-2,7,10,15H,3-6,8-9H2,(H,26,31)(H,29,30);(H,6,7). The molecule has 0 spiro atoms. The Bertz CT molecular complexity index is 1230. The van der Waals surface area contributed by atoms with Gasteiger partial charge >= 0.3 is 24.3 Å². The SMILES string of the molecule is O=C(O)C(F)(F)F.O=C(O)CC(NC(=O)c1cnc2cc(C(F)(F)F)ccc2c1N1CCOCC1)C(=O)CF. The number of carboxylic acid groups (broad SMARTS) is 2. The summed E-state index contributed by atoms with van der Waals surface area (Å²) in [5.74, 6) is -6.18. The maximum Gasteiger partial charge on any atom is 0.490 e. The smallest absolute Gasteiger partial charge is 0.481 e. The van der Waals surface area contributed by atoms with Crippen molar-refractivity contribution in [2.24, 2.45) is 0 Å². The summed E-state index contributed by atoms with van der Waals surface area (Å²) in [5.41, 5.74) is -0.718. The molecule has 1 aromatic carbocycles. The number of alkyl halides is 7. The number of hydrogen-bond acceptors (Lipinski definition) is 7. The molecule has 3 N–H and O–H groups in total.